The Labute approximate surface area is 229 Å². The number of hydrogen-bond acceptors (Lipinski definition) is 1. The first-order valence-corrected chi connectivity index (χ1v) is 12.8. The minimum atomic E-state index is -6.00. The summed E-state index contributed by atoms with van der Waals surface area (Å²) in [5, 5.41) is 3.20. The second-order valence-electron chi connectivity index (χ2n) is 9.11. The number of halogens is 5. The normalized spacial score (nSPS) is 14.4. The van der Waals surface area contributed by atoms with Gasteiger partial charge in [-0.25, -0.2) is 0 Å². The first-order chi connectivity index (χ1) is 18.8. The highest BCUT2D eigenvalue weighted by Crippen LogP contribution is 2.36. The summed E-state index contributed by atoms with van der Waals surface area (Å²) >= 11 is 6.16. The molecular formula is C31H24BClF4N2. The predicted molar refractivity (Wildman–Crippen MR) is 150 cm³/mol. The summed E-state index contributed by atoms with van der Waals surface area (Å²) in [6.07, 6.45) is 0. The second kappa shape index (κ2) is 11.3. The SMILES string of the molecule is Clc1ccc(C2CN2[n+]2c(-c3ccccc3)cc(-c3ccccc3)cc2-c2ccccc2)cc1.F[B-](F)(F)F. The van der Waals surface area contributed by atoms with Gasteiger partial charge in [0.2, 0.25) is 11.4 Å². The molecule has 1 unspecified atom stereocenters. The van der Waals surface area contributed by atoms with Crippen LogP contribution in [-0.2, 0) is 0 Å². The molecule has 1 atom stereocenters. The molecule has 0 bridgehead atoms. The second-order valence-corrected chi connectivity index (χ2v) is 9.55. The Balaban J connectivity index is 0.000000567. The van der Waals surface area contributed by atoms with E-state index in [-0.39, 0.29) is 0 Å². The van der Waals surface area contributed by atoms with E-state index < -0.39 is 7.25 Å². The fourth-order valence-corrected chi connectivity index (χ4v) is 4.73. The zero-order valence-corrected chi connectivity index (χ0v) is 21.5. The van der Waals surface area contributed by atoms with Crippen LogP contribution in [0.2, 0.25) is 5.02 Å². The van der Waals surface area contributed by atoms with E-state index in [0.717, 1.165) is 11.6 Å². The van der Waals surface area contributed by atoms with Crippen molar-refractivity contribution in [1.82, 2.24) is 0 Å². The Morgan fingerprint density at radius 1 is 0.590 bits per heavy atom. The van der Waals surface area contributed by atoms with Crippen LogP contribution in [0.25, 0.3) is 33.6 Å². The van der Waals surface area contributed by atoms with E-state index >= 15 is 0 Å². The number of aromatic nitrogens is 1. The molecule has 1 aliphatic heterocycles. The Morgan fingerprint density at radius 2 is 1.00 bits per heavy atom. The molecule has 8 heteroatoms. The molecule has 2 heterocycles. The first-order valence-electron chi connectivity index (χ1n) is 12.4. The van der Waals surface area contributed by atoms with Crippen molar-refractivity contribution in [3.8, 4) is 33.6 Å². The van der Waals surface area contributed by atoms with E-state index in [1.54, 1.807) is 0 Å². The summed E-state index contributed by atoms with van der Waals surface area (Å²) in [5.74, 6) is 0. The van der Waals surface area contributed by atoms with Crippen LogP contribution in [0.3, 0.4) is 0 Å². The van der Waals surface area contributed by atoms with Crippen molar-refractivity contribution in [1.29, 1.82) is 0 Å². The van der Waals surface area contributed by atoms with Crippen LogP contribution in [0.1, 0.15) is 11.6 Å². The summed E-state index contributed by atoms with van der Waals surface area (Å²) in [7, 11) is -6.00. The summed E-state index contributed by atoms with van der Waals surface area (Å²) in [5.41, 5.74) is 8.44. The molecule has 0 amide bonds. The first kappa shape index (κ1) is 26.5. The van der Waals surface area contributed by atoms with Gasteiger partial charge in [0.05, 0.1) is 0 Å². The number of hydrogen-bond donors (Lipinski definition) is 0. The maximum atomic E-state index is 9.75. The van der Waals surface area contributed by atoms with Gasteiger partial charge < -0.3 is 17.3 Å². The molecule has 1 saturated heterocycles. The highest BCUT2D eigenvalue weighted by Gasteiger charge is 2.46. The molecule has 4 aromatic carbocycles. The highest BCUT2D eigenvalue weighted by molar-refractivity contribution is 6.50. The molecule has 0 aliphatic carbocycles. The van der Waals surface area contributed by atoms with Gasteiger partial charge in [0.1, 0.15) is 12.6 Å². The Morgan fingerprint density at radius 3 is 1.44 bits per heavy atom. The van der Waals surface area contributed by atoms with E-state index in [1.165, 1.54) is 39.2 Å². The summed E-state index contributed by atoms with van der Waals surface area (Å²) in [6.45, 7) is 0.955. The highest BCUT2D eigenvalue weighted by atomic mass is 35.5. The maximum Gasteiger partial charge on any atom is 0.673 e. The zero-order chi connectivity index (χ0) is 27.4. The van der Waals surface area contributed by atoms with Crippen molar-refractivity contribution < 1.29 is 21.9 Å². The molecule has 2 nitrogen and oxygen atoms in total. The molecule has 196 valence electrons. The van der Waals surface area contributed by atoms with Crippen LogP contribution < -0.4 is 9.69 Å². The minimum absolute atomic E-state index is 0.315. The fraction of sp³-hybridized carbons (Fsp3) is 0.0645. The standard InChI is InChI=1S/C31H24ClN2.BF4/c32-28-18-16-26(17-19-28)31-22-33(31)34-29(24-12-6-2-7-13-24)20-27(23-10-4-1-5-11-23)21-30(34)25-14-8-3-9-15-25;2-1(3,4)5/h1-21,31H,22H2;/q+1;-1. The lowest BCUT2D eigenvalue weighted by molar-refractivity contribution is -0.655. The van der Waals surface area contributed by atoms with Gasteiger partial charge in [-0.1, -0.05) is 95.1 Å². The molecular weight excluding hydrogens is 523 g/mol. The topological polar surface area (TPSA) is 6.89 Å². The third-order valence-electron chi connectivity index (χ3n) is 6.38. The van der Waals surface area contributed by atoms with Crippen LogP contribution in [0, 0.1) is 0 Å². The Bertz CT molecular complexity index is 1460. The minimum Gasteiger partial charge on any atom is -0.418 e. The van der Waals surface area contributed by atoms with Gasteiger partial charge in [-0.05, 0) is 53.1 Å². The Hall–Kier alpha value is -4.10. The summed E-state index contributed by atoms with van der Waals surface area (Å²) in [6, 6.07) is 45.1. The van der Waals surface area contributed by atoms with Crippen molar-refractivity contribution in [2.45, 2.75) is 6.04 Å². The smallest absolute Gasteiger partial charge is 0.418 e. The van der Waals surface area contributed by atoms with Gasteiger partial charge in [0.25, 0.3) is 0 Å². The van der Waals surface area contributed by atoms with Gasteiger partial charge in [-0.15, -0.1) is 0 Å². The van der Waals surface area contributed by atoms with Crippen LogP contribution >= 0.6 is 11.6 Å². The molecule has 1 aliphatic rings. The van der Waals surface area contributed by atoms with Crippen LogP contribution in [0.4, 0.5) is 17.3 Å². The van der Waals surface area contributed by atoms with E-state index in [2.05, 4.69) is 125 Å². The van der Waals surface area contributed by atoms with Gasteiger partial charge >= 0.3 is 7.25 Å². The summed E-state index contributed by atoms with van der Waals surface area (Å²) < 4.78 is 41.4. The lowest BCUT2D eigenvalue weighted by Gasteiger charge is -2.13. The van der Waals surface area contributed by atoms with Crippen LogP contribution in [0.5, 0.6) is 0 Å². The lowest BCUT2D eigenvalue weighted by Crippen LogP contribution is -2.49. The molecule has 0 N–H and O–H groups in total. The predicted octanol–water partition coefficient (Wildman–Crippen LogP) is 8.62. The van der Waals surface area contributed by atoms with E-state index in [1.807, 2.05) is 12.1 Å². The molecule has 0 spiro atoms. The maximum absolute atomic E-state index is 9.75. The van der Waals surface area contributed by atoms with Crippen molar-refractivity contribution in [3.05, 3.63) is 138 Å². The van der Waals surface area contributed by atoms with Crippen LogP contribution in [-0.4, -0.2) is 13.8 Å². The van der Waals surface area contributed by atoms with Gasteiger partial charge in [0, 0.05) is 28.3 Å². The molecule has 5 aromatic rings. The molecule has 39 heavy (non-hydrogen) atoms. The van der Waals surface area contributed by atoms with Crippen molar-refractivity contribution >= 4 is 18.9 Å². The zero-order valence-electron chi connectivity index (χ0n) is 20.8. The van der Waals surface area contributed by atoms with Crippen molar-refractivity contribution in [3.63, 3.8) is 0 Å². The molecule has 6 rings (SSSR count). The van der Waals surface area contributed by atoms with Crippen molar-refractivity contribution in [2.24, 2.45) is 0 Å². The lowest BCUT2D eigenvalue weighted by atomic mass is 9.99. The van der Waals surface area contributed by atoms with Gasteiger partial charge in [0.15, 0.2) is 0 Å². The average molecular weight is 547 g/mol. The number of benzene rings is 4. The van der Waals surface area contributed by atoms with Gasteiger partial charge in [-0.3, -0.25) is 0 Å². The van der Waals surface area contributed by atoms with Crippen LogP contribution in [0.15, 0.2) is 127 Å². The quantitative estimate of drug-likeness (QED) is 0.0926. The number of nitrogens with zero attached hydrogens (tertiary/aromatic N) is 2. The van der Waals surface area contributed by atoms with E-state index in [9.17, 15) is 17.3 Å². The molecule has 0 radical (unpaired) electrons. The largest absolute Gasteiger partial charge is 0.673 e. The third-order valence-corrected chi connectivity index (χ3v) is 6.64. The average Bonchev–Trinajstić information content (AvgIpc) is 3.74. The summed E-state index contributed by atoms with van der Waals surface area (Å²) in [4.78, 5) is 0. The molecule has 0 saturated carbocycles. The molecule has 1 fully saturated rings. The van der Waals surface area contributed by atoms with Gasteiger partial charge in [-0.2, -0.15) is 5.01 Å². The fourth-order valence-electron chi connectivity index (χ4n) is 4.60. The Kier molecular flexibility index (Phi) is 7.71. The number of rotatable bonds is 5. The van der Waals surface area contributed by atoms with E-state index in [4.69, 9.17) is 11.6 Å². The van der Waals surface area contributed by atoms with E-state index in [0.29, 0.717) is 6.04 Å². The third kappa shape index (κ3) is 6.68. The number of pyridine rings is 1. The monoisotopic (exact) mass is 546 g/mol. The molecule has 1 aromatic heterocycles. The van der Waals surface area contributed by atoms with Crippen molar-refractivity contribution in [2.75, 3.05) is 11.6 Å².